The van der Waals surface area contributed by atoms with Crippen molar-refractivity contribution in [1.82, 2.24) is 0 Å². The molecule has 156 valence electrons. The Kier molecular flexibility index (Phi) is 7.64. The van der Waals surface area contributed by atoms with Gasteiger partial charge in [0.05, 0.1) is 5.69 Å². The summed E-state index contributed by atoms with van der Waals surface area (Å²) in [6.07, 6.45) is 8.18. The monoisotopic (exact) mass is 389 g/mol. The smallest absolute Gasteiger partial charge is 0.342 e. The average Bonchev–Trinajstić information content (AvgIpc) is 2.67. The molecule has 1 amide bonds. The van der Waals surface area contributed by atoms with E-state index in [0.29, 0.717) is 11.6 Å². The van der Waals surface area contributed by atoms with E-state index in [4.69, 9.17) is 4.74 Å². The summed E-state index contributed by atoms with van der Waals surface area (Å²) < 4.78 is 5.35. The molecule has 1 aliphatic carbocycles. The topological polar surface area (TPSA) is 75.6 Å². The van der Waals surface area contributed by atoms with E-state index in [1.54, 1.807) is 24.3 Å². The molecule has 0 aromatic heterocycles. The maximum Gasteiger partial charge on any atom is 0.342 e. The second-order valence-corrected chi connectivity index (χ2v) is 8.63. The Morgan fingerprint density at radius 3 is 2.32 bits per heavy atom. The molecule has 0 radical (unpaired) electrons. The van der Waals surface area contributed by atoms with E-state index in [1.165, 1.54) is 20.3 Å². The molecule has 0 aliphatic heterocycles. The summed E-state index contributed by atoms with van der Waals surface area (Å²) in [5.41, 5.74) is -1.49. The number of ether oxygens (including phenoxy) is 1. The number of amides is 1. The number of nitrogens with one attached hydrogen (secondary N) is 1. The summed E-state index contributed by atoms with van der Waals surface area (Å²) >= 11 is 0. The molecule has 1 aromatic rings. The van der Waals surface area contributed by atoms with Crippen molar-refractivity contribution in [2.75, 3.05) is 5.32 Å². The first kappa shape index (κ1) is 22.4. The number of hydrogen-bond acceptors (Lipinski definition) is 4. The van der Waals surface area contributed by atoms with E-state index >= 15 is 0 Å². The molecule has 0 atom stereocenters. The van der Waals surface area contributed by atoms with Crippen LogP contribution in [0.3, 0.4) is 0 Å². The molecule has 1 aliphatic rings. The van der Waals surface area contributed by atoms with E-state index < -0.39 is 11.6 Å². The van der Waals surface area contributed by atoms with E-state index in [2.05, 4.69) is 19.2 Å². The quantitative estimate of drug-likeness (QED) is 0.480. The third-order valence-electron chi connectivity index (χ3n) is 5.96. The minimum atomic E-state index is -1.60. The lowest BCUT2D eigenvalue weighted by molar-refractivity contribution is -0.151. The highest BCUT2D eigenvalue weighted by Crippen LogP contribution is 2.44. The van der Waals surface area contributed by atoms with Gasteiger partial charge in [-0.2, -0.15) is 0 Å². The lowest BCUT2D eigenvalue weighted by atomic mass is 9.67. The Labute approximate surface area is 168 Å². The van der Waals surface area contributed by atoms with Crippen LogP contribution in [-0.2, 0) is 9.59 Å². The molecule has 1 fully saturated rings. The second kappa shape index (κ2) is 9.55. The van der Waals surface area contributed by atoms with Crippen LogP contribution in [0.15, 0.2) is 24.3 Å². The molecule has 0 unspecified atom stereocenters. The van der Waals surface area contributed by atoms with E-state index in [9.17, 15) is 14.7 Å². The molecule has 0 bridgehead atoms. The van der Waals surface area contributed by atoms with Crippen LogP contribution in [0.4, 0.5) is 5.69 Å². The fourth-order valence-corrected chi connectivity index (χ4v) is 4.02. The third-order valence-corrected chi connectivity index (χ3v) is 5.96. The van der Waals surface area contributed by atoms with Gasteiger partial charge < -0.3 is 15.2 Å². The largest absolute Gasteiger partial charge is 0.422 e. The minimum Gasteiger partial charge on any atom is -0.422 e. The molecular weight excluding hydrogens is 354 g/mol. The number of rotatable bonds is 8. The predicted octanol–water partition coefficient (Wildman–Crippen LogP) is 5.08. The first-order chi connectivity index (χ1) is 13.2. The SMILES string of the molecule is CCC(CC)CC1(C(=O)Nc2ccccc2OC(=O)C(C)(C)O)CCCCC1. The number of hydrogen-bond donors (Lipinski definition) is 2. The van der Waals surface area contributed by atoms with Gasteiger partial charge in [-0.15, -0.1) is 0 Å². The van der Waals surface area contributed by atoms with Crippen LogP contribution in [0.25, 0.3) is 0 Å². The van der Waals surface area contributed by atoms with Crippen LogP contribution < -0.4 is 10.1 Å². The number of para-hydroxylation sites is 2. The Morgan fingerprint density at radius 2 is 1.75 bits per heavy atom. The van der Waals surface area contributed by atoms with Gasteiger partial charge in [-0.3, -0.25) is 4.79 Å². The summed E-state index contributed by atoms with van der Waals surface area (Å²) in [6.45, 7) is 7.13. The molecule has 5 heteroatoms. The maximum atomic E-state index is 13.4. The summed E-state index contributed by atoms with van der Waals surface area (Å²) in [6, 6.07) is 6.90. The standard InChI is InChI=1S/C23H35NO4/c1-5-17(6-2)16-23(14-10-7-11-15-23)20(25)24-18-12-8-9-13-19(18)28-21(26)22(3,4)27/h8-9,12-13,17,27H,5-7,10-11,14-16H2,1-4H3,(H,24,25). The molecule has 2 rings (SSSR count). The van der Waals surface area contributed by atoms with Crippen LogP contribution in [-0.4, -0.2) is 22.6 Å². The van der Waals surface area contributed by atoms with Gasteiger partial charge in [0, 0.05) is 5.41 Å². The number of anilines is 1. The summed E-state index contributed by atoms with van der Waals surface area (Å²) in [7, 11) is 0. The molecule has 0 heterocycles. The molecule has 0 spiro atoms. The van der Waals surface area contributed by atoms with Crippen LogP contribution in [0, 0.1) is 11.3 Å². The van der Waals surface area contributed by atoms with Gasteiger partial charge in [0.25, 0.3) is 0 Å². The molecular formula is C23H35NO4. The first-order valence-electron chi connectivity index (χ1n) is 10.6. The van der Waals surface area contributed by atoms with E-state index in [1.807, 2.05) is 0 Å². The van der Waals surface area contributed by atoms with E-state index in [0.717, 1.165) is 44.9 Å². The van der Waals surface area contributed by atoms with E-state index in [-0.39, 0.29) is 17.1 Å². The average molecular weight is 390 g/mol. The molecule has 28 heavy (non-hydrogen) atoms. The van der Waals surface area contributed by atoms with Crippen molar-refractivity contribution >= 4 is 17.6 Å². The number of carbonyl (C=O) groups is 2. The second-order valence-electron chi connectivity index (χ2n) is 8.63. The highest BCUT2D eigenvalue weighted by molar-refractivity contribution is 5.97. The Hall–Kier alpha value is -1.88. The van der Waals surface area contributed by atoms with Crippen molar-refractivity contribution in [1.29, 1.82) is 0 Å². The van der Waals surface area contributed by atoms with Gasteiger partial charge in [0.2, 0.25) is 5.91 Å². The van der Waals surface area contributed by atoms with Gasteiger partial charge in [-0.25, -0.2) is 4.79 Å². The Morgan fingerprint density at radius 1 is 1.14 bits per heavy atom. The van der Waals surface area contributed by atoms with Crippen LogP contribution in [0.5, 0.6) is 5.75 Å². The molecule has 5 nitrogen and oxygen atoms in total. The number of benzene rings is 1. The van der Waals surface area contributed by atoms with Crippen molar-refractivity contribution in [2.24, 2.45) is 11.3 Å². The Balaban J connectivity index is 2.23. The van der Waals surface area contributed by atoms with Gasteiger partial charge in [-0.05, 0) is 51.2 Å². The van der Waals surface area contributed by atoms with Crippen molar-refractivity contribution in [2.45, 2.75) is 84.7 Å². The predicted molar refractivity (Wildman–Crippen MR) is 111 cm³/mol. The summed E-state index contributed by atoms with van der Waals surface area (Å²) in [4.78, 5) is 25.5. The maximum absolute atomic E-state index is 13.4. The van der Waals surface area contributed by atoms with Crippen LogP contribution in [0.1, 0.15) is 79.1 Å². The van der Waals surface area contributed by atoms with Crippen LogP contribution >= 0.6 is 0 Å². The lowest BCUT2D eigenvalue weighted by Crippen LogP contribution is -2.40. The fourth-order valence-electron chi connectivity index (χ4n) is 4.02. The normalized spacial score (nSPS) is 16.6. The molecule has 2 N–H and O–H groups in total. The number of aliphatic hydroxyl groups is 1. The number of carbonyl (C=O) groups excluding carboxylic acids is 2. The van der Waals surface area contributed by atoms with Gasteiger partial charge in [0.15, 0.2) is 11.4 Å². The fraction of sp³-hybridized carbons (Fsp3) is 0.652. The highest BCUT2D eigenvalue weighted by Gasteiger charge is 2.41. The van der Waals surface area contributed by atoms with Crippen molar-refractivity contribution in [3.8, 4) is 5.75 Å². The van der Waals surface area contributed by atoms with Crippen molar-refractivity contribution < 1.29 is 19.4 Å². The zero-order chi connectivity index (χ0) is 20.8. The zero-order valence-electron chi connectivity index (χ0n) is 17.7. The summed E-state index contributed by atoms with van der Waals surface area (Å²) in [5.74, 6) is 0.0630. The highest BCUT2D eigenvalue weighted by atomic mass is 16.6. The Bertz CT molecular complexity index is 667. The molecule has 0 saturated heterocycles. The van der Waals surface area contributed by atoms with Gasteiger partial charge in [0.1, 0.15) is 0 Å². The van der Waals surface area contributed by atoms with Crippen LogP contribution in [0.2, 0.25) is 0 Å². The minimum absolute atomic E-state index is 0.0193. The number of esters is 1. The van der Waals surface area contributed by atoms with Crippen molar-refractivity contribution in [3.63, 3.8) is 0 Å². The third kappa shape index (κ3) is 5.57. The first-order valence-corrected chi connectivity index (χ1v) is 10.6. The van der Waals surface area contributed by atoms with Crippen molar-refractivity contribution in [3.05, 3.63) is 24.3 Å². The molecule has 1 aromatic carbocycles. The van der Waals surface area contributed by atoms with Gasteiger partial charge in [-0.1, -0.05) is 58.1 Å². The van der Waals surface area contributed by atoms with Gasteiger partial charge >= 0.3 is 5.97 Å². The lowest BCUT2D eigenvalue weighted by Gasteiger charge is -2.38. The summed E-state index contributed by atoms with van der Waals surface area (Å²) in [5, 5.41) is 12.9. The zero-order valence-corrected chi connectivity index (χ0v) is 17.7. The molecule has 1 saturated carbocycles.